The van der Waals surface area contributed by atoms with Crippen LogP contribution in [0.5, 0.6) is 23.0 Å². The molecule has 1 aromatic heterocycles. The number of nitrogens with one attached hydrogen (secondary N) is 1. The van der Waals surface area contributed by atoms with Gasteiger partial charge in [0.2, 0.25) is 11.7 Å². The number of aryl methyl sites for hydroxylation is 1. The number of phenolic OH excluding ortho intramolecular Hbond substituents is 1. The van der Waals surface area contributed by atoms with Crippen LogP contribution in [0.3, 0.4) is 0 Å². The summed E-state index contributed by atoms with van der Waals surface area (Å²) in [6.07, 6.45) is 9.77. The van der Waals surface area contributed by atoms with Crippen molar-refractivity contribution >= 4 is 28.6 Å². The molecular weight excluding hydrogens is 472 g/mol. The van der Waals surface area contributed by atoms with Gasteiger partial charge >= 0.3 is 0 Å². The van der Waals surface area contributed by atoms with Gasteiger partial charge in [-0.15, -0.1) is 0 Å². The fourth-order valence-corrected chi connectivity index (χ4v) is 4.10. The molecule has 2 aromatic carbocycles. The van der Waals surface area contributed by atoms with E-state index in [1.165, 1.54) is 50.2 Å². The zero-order chi connectivity index (χ0) is 26.8. The van der Waals surface area contributed by atoms with Crippen molar-refractivity contribution in [3.05, 3.63) is 58.4 Å². The Bertz CT molecular complexity index is 1310. The summed E-state index contributed by atoms with van der Waals surface area (Å²) in [5.41, 5.74) is 1.55. The van der Waals surface area contributed by atoms with Crippen molar-refractivity contribution in [1.82, 2.24) is 4.57 Å². The van der Waals surface area contributed by atoms with E-state index in [1.54, 1.807) is 43.5 Å². The first-order valence-electron chi connectivity index (χ1n) is 12.6. The minimum Gasteiger partial charge on any atom is -0.504 e. The van der Waals surface area contributed by atoms with Crippen LogP contribution in [-0.2, 0) is 11.8 Å². The lowest BCUT2D eigenvalue weighted by Gasteiger charge is -2.16. The zero-order valence-corrected chi connectivity index (χ0v) is 22.0. The van der Waals surface area contributed by atoms with Crippen LogP contribution >= 0.6 is 0 Å². The molecular formula is C29H36N2O6. The highest BCUT2D eigenvalue weighted by Crippen LogP contribution is 2.34. The number of aromatic nitrogens is 1. The number of hydrogen-bond donors (Lipinski definition) is 2. The number of methoxy groups -OCH3 is 2. The number of fused-ring (bicyclic) bond motifs is 1. The summed E-state index contributed by atoms with van der Waals surface area (Å²) in [7, 11) is 4.65. The molecule has 0 unspecified atom stereocenters. The molecule has 198 valence electrons. The van der Waals surface area contributed by atoms with Gasteiger partial charge in [0.25, 0.3) is 5.56 Å². The van der Waals surface area contributed by atoms with Crippen molar-refractivity contribution in [1.29, 1.82) is 0 Å². The molecule has 0 saturated carbocycles. The summed E-state index contributed by atoms with van der Waals surface area (Å²) in [5, 5.41) is 13.2. The van der Waals surface area contributed by atoms with Crippen molar-refractivity contribution in [2.75, 3.05) is 26.1 Å². The molecule has 0 atom stereocenters. The molecule has 0 aliphatic carbocycles. The number of benzene rings is 2. The maximum atomic E-state index is 13.1. The predicted octanol–water partition coefficient (Wildman–Crippen LogP) is 5.65. The first-order chi connectivity index (χ1) is 17.9. The second-order valence-corrected chi connectivity index (χ2v) is 8.83. The number of amides is 1. The molecule has 8 nitrogen and oxygen atoms in total. The molecule has 37 heavy (non-hydrogen) atoms. The second kappa shape index (κ2) is 13.4. The van der Waals surface area contributed by atoms with Gasteiger partial charge in [0.05, 0.1) is 26.3 Å². The lowest BCUT2D eigenvalue weighted by Crippen LogP contribution is -2.21. The fraction of sp³-hybridized carbons (Fsp3) is 0.379. The zero-order valence-electron chi connectivity index (χ0n) is 22.0. The van der Waals surface area contributed by atoms with Crippen LogP contribution in [0.15, 0.2) is 47.3 Å². The Morgan fingerprint density at radius 3 is 2.49 bits per heavy atom. The average molecular weight is 509 g/mol. The third-order valence-electron chi connectivity index (χ3n) is 6.16. The van der Waals surface area contributed by atoms with Crippen LogP contribution in [0.4, 0.5) is 5.69 Å². The van der Waals surface area contributed by atoms with Gasteiger partial charge in [0, 0.05) is 24.2 Å². The molecule has 3 rings (SSSR count). The van der Waals surface area contributed by atoms with Gasteiger partial charge in [0.15, 0.2) is 17.2 Å². The molecule has 1 amide bonds. The van der Waals surface area contributed by atoms with E-state index < -0.39 is 0 Å². The van der Waals surface area contributed by atoms with E-state index in [4.69, 9.17) is 14.2 Å². The number of carbonyl (C=O) groups excluding carboxylic acids is 1. The van der Waals surface area contributed by atoms with Crippen molar-refractivity contribution in [2.24, 2.45) is 7.05 Å². The third kappa shape index (κ3) is 7.06. The van der Waals surface area contributed by atoms with Gasteiger partial charge in [-0.2, -0.15) is 0 Å². The van der Waals surface area contributed by atoms with E-state index in [9.17, 15) is 14.7 Å². The Morgan fingerprint density at radius 2 is 1.76 bits per heavy atom. The minimum atomic E-state index is -0.345. The number of ether oxygens (including phenoxy) is 3. The van der Waals surface area contributed by atoms with E-state index >= 15 is 0 Å². The van der Waals surface area contributed by atoms with Gasteiger partial charge in [-0.1, -0.05) is 45.1 Å². The number of unbranched alkanes of at least 4 members (excludes halogenated alkanes) is 5. The Hall–Kier alpha value is -3.94. The largest absolute Gasteiger partial charge is 0.504 e. The van der Waals surface area contributed by atoms with Crippen molar-refractivity contribution in [3.8, 4) is 23.0 Å². The lowest BCUT2D eigenvalue weighted by atomic mass is 10.1. The Kier molecular flexibility index (Phi) is 10.0. The highest BCUT2D eigenvalue weighted by Gasteiger charge is 2.18. The fourth-order valence-electron chi connectivity index (χ4n) is 4.10. The normalized spacial score (nSPS) is 11.1. The molecule has 3 aromatic rings. The minimum absolute atomic E-state index is 0.0253. The smallest absolute Gasteiger partial charge is 0.297 e. The number of nitrogens with zero attached hydrogens (tertiary/aromatic N) is 1. The molecule has 0 bridgehead atoms. The van der Waals surface area contributed by atoms with Gasteiger partial charge in [-0.25, -0.2) is 0 Å². The summed E-state index contributed by atoms with van der Waals surface area (Å²) < 4.78 is 18.1. The highest BCUT2D eigenvalue weighted by atomic mass is 16.5. The second-order valence-electron chi connectivity index (χ2n) is 8.83. The van der Waals surface area contributed by atoms with Crippen LogP contribution < -0.4 is 25.1 Å². The Balaban J connectivity index is 1.74. The average Bonchev–Trinajstić information content (AvgIpc) is 2.90. The maximum absolute atomic E-state index is 13.1. The summed E-state index contributed by atoms with van der Waals surface area (Å²) in [6.45, 7) is 2.65. The van der Waals surface area contributed by atoms with Crippen LogP contribution in [0.25, 0.3) is 17.0 Å². The Morgan fingerprint density at radius 1 is 1.00 bits per heavy atom. The third-order valence-corrected chi connectivity index (χ3v) is 6.16. The van der Waals surface area contributed by atoms with Crippen molar-refractivity contribution in [3.63, 3.8) is 0 Å². The molecule has 8 heteroatoms. The van der Waals surface area contributed by atoms with Gasteiger partial charge < -0.3 is 29.2 Å². The highest BCUT2D eigenvalue weighted by molar-refractivity contribution is 6.03. The molecule has 0 spiro atoms. The summed E-state index contributed by atoms with van der Waals surface area (Å²) >= 11 is 0. The van der Waals surface area contributed by atoms with Crippen LogP contribution in [0, 0.1) is 0 Å². The van der Waals surface area contributed by atoms with E-state index in [0.29, 0.717) is 40.3 Å². The number of rotatable bonds is 13. The molecule has 1 heterocycles. The first-order valence-corrected chi connectivity index (χ1v) is 12.6. The van der Waals surface area contributed by atoms with E-state index in [1.807, 2.05) is 0 Å². The summed E-state index contributed by atoms with van der Waals surface area (Å²) in [6, 6.07) is 10.1. The van der Waals surface area contributed by atoms with Gasteiger partial charge in [-0.3, -0.25) is 9.59 Å². The van der Waals surface area contributed by atoms with Gasteiger partial charge in [-0.05, 0) is 48.4 Å². The van der Waals surface area contributed by atoms with Crippen LogP contribution in [0.2, 0.25) is 0 Å². The summed E-state index contributed by atoms with van der Waals surface area (Å²) in [4.78, 5) is 25.6. The number of carbonyl (C=O) groups is 1. The number of anilines is 1. The predicted molar refractivity (Wildman–Crippen MR) is 147 cm³/mol. The van der Waals surface area contributed by atoms with Crippen molar-refractivity contribution in [2.45, 2.75) is 45.4 Å². The van der Waals surface area contributed by atoms with E-state index in [2.05, 4.69) is 12.2 Å². The molecule has 0 saturated heterocycles. The van der Waals surface area contributed by atoms with Crippen LogP contribution in [0.1, 0.15) is 51.0 Å². The molecule has 2 N–H and O–H groups in total. The molecule has 0 radical (unpaired) electrons. The SMILES string of the molecule is CCCCCCCCOc1c(OC)c2ccc(NC(=O)/C=C/c3ccc(O)c(OC)c3)cc2n(C)c1=O. The number of pyridine rings is 1. The molecule has 0 fully saturated rings. The maximum Gasteiger partial charge on any atom is 0.297 e. The standard InChI is InChI=1S/C29H36N2O6/c1-5-6-7-8-9-10-17-37-28-27(36-4)22-14-13-21(19-23(22)31(2)29(28)34)30-26(33)16-12-20-11-15-24(32)25(18-20)35-3/h11-16,18-19,32H,5-10,17H2,1-4H3,(H,30,33)/b16-12+. The number of aromatic hydroxyl groups is 1. The van der Waals surface area contributed by atoms with E-state index in [-0.39, 0.29) is 23.0 Å². The quantitative estimate of drug-likeness (QED) is 0.229. The van der Waals surface area contributed by atoms with Gasteiger partial charge in [0.1, 0.15) is 0 Å². The monoisotopic (exact) mass is 508 g/mol. The number of hydrogen-bond acceptors (Lipinski definition) is 6. The number of phenols is 1. The van der Waals surface area contributed by atoms with Crippen LogP contribution in [-0.4, -0.2) is 36.4 Å². The Labute approximate surface area is 217 Å². The molecule has 0 aliphatic rings. The lowest BCUT2D eigenvalue weighted by molar-refractivity contribution is -0.111. The first kappa shape index (κ1) is 27.6. The summed E-state index contributed by atoms with van der Waals surface area (Å²) in [5.74, 6) is 0.597. The van der Waals surface area contributed by atoms with Crippen molar-refractivity contribution < 1.29 is 24.1 Å². The van der Waals surface area contributed by atoms with E-state index in [0.717, 1.165) is 19.3 Å². The molecule has 0 aliphatic heterocycles. The topological polar surface area (TPSA) is 99.0 Å².